The van der Waals surface area contributed by atoms with E-state index < -0.39 is 30.0 Å². The van der Waals surface area contributed by atoms with Crippen molar-refractivity contribution in [1.29, 1.82) is 0 Å². The van der Waals surface area contributed by atoms with Gasteiger partial charge in [0, 0.05) is 13.0 Å². The molecular weight excluding hydrogens is 362 g/mol. The molecule has 3 unspecified atom stereocenters. The molecule has 0 bridgehead atoms. The highest BCUT2D eigenvalue weighted by Gasteiger charge is 2.37. The van der Waals surface area contributed by atoms with Gasteiger partial charge in [-0.15, -0.1) is 0 Å². The molecule has 0 aromatic heterocycles. The summed E-state index contributed by atoms with van der Waals surface area (Å²) in [6, 6.07) is 3.64. The van der Waals surface area contributed by atoms with Crippen molar-refractivity contribution < 1.29 is 24.6 Å². The summed E-state index contributed by atoms with van der Waals surface area (Å²) in [6.07, 6.45) is 1.77. The van der Waals surface area contributed by atoms with E-state index in [0.29, 0.717) is 31.4 Å². The molecule has 0 spiro atoms. The monoisotopic (exact) mass is 391 g/mol. The van der Waals surface area contributed by atoms with Crippen LogP contribution in [0.4, 0.5) is 0 Å². The lowest BCUT2D eigenvalue weighted by Crippen LogP contribution is -2.54. The van der Waals surface area contributed by atoms with Crippen LogP contribution in [0.3, 0.4) is 0 Å². The Morgan fingerprint density at radius 1 is 1.25 bits per heavy atom. The Morgan fingerprint density at radius 3 is 2.46 bits per heavy atom. The highest BCUT2D eigenvalue weighted by Crippen LogP contribution is 2.20. The number of phenols is 1. The number of carboxylic acid groups (broad SMARTS) is 1. The van der Waals surface area contributed by atoms with Crippen LogP contribution in [-0.2, 0) is 20.8 Å². The highest BCUT2D eigenvalue weighted by molar-refractivity contribution is 5.92. The number of nitrogens with one attached hydrogen (secondary N) is 1. The van der Waals surface area contributed by atoms with Gasteiger partial charge >= 0.3 is 5.97 Å². The SMILES string of the molecule is CC(C)CC(N)C(=O)N1CCCC1C(=O)NC(Cc1ccc(O)cc1)C(=O)O. The second-order valence-electron chi connectivity index (χ2n) is 7.70. The molecule has 154 valence electrons. The summed E-state index contributed by atoms with van der Waals surface area (Å²) in [6.45, 7) is 4.39. The number of likely N-dealkylation sites (tertiary alicyclic amines) is 1. The lowest BCUT2D eigenvalue weighted by molar-refractivity contribution is -0.144. The zero-order valence-corrected chi connectivity index (χ0v) is 16.3. The average molecular weight is 391 g/mol. The quantitative estimate of drug-likeness (QED) is 0.520. The summed E-state index contributed by atoms with van der Waals surface area (Å²) in [5.74, 6) is -1.56. The van der Waals surface area contributed by atoms with E-state index in [9.17, 15) is 24.6 Å². The van der Waals surface area contributed by atoms with E-state index in [1.807, 2.05) is 13.8 Å². The van der Waals surface area contributed by atoms with E-state index in [2.05, 4.69) is 5.32 Å². The topological polar surface area (TPSA) is 133 Å². The lowest BCUT2D eigenvalue weighted by atomic mass is 10.0. The van der Waals surface area contributed by atoms with E-state index in [1.54, 1.807) is 12.1 Å². The number of carboxylic acids is 1. The predicted octanol–water partition coefficient (Wildman–Crippen LogP) is 0.869. The number of phenolic OH excluding ortho intramolecular Hbond substituents is 1. The molecule has 8 heteroatoms. The van der Waals surface area contributed by atoms with Gasteiger partial charge in [-0.3, -0.25) is 9.59 Å². The minimum absolute atomic E-state index is 0.0783. The number of hydrogen-bond donors (Lipinski definition) is 4. The van der Waals surface area contributed by atoms with Crippen molar-refractivity contribution in [2.45, 2.75) is 57.7 Å². The number of nitrogens with zero attached hydrogens (tertiary/aromatic N) is 1. The largest absolute Gasteiger partial charge is 0.508 e. The van der Waals surface area contributed by atoms with Crippen LogP contribution in [-0.4, -0.2) is 57.6 Å². The first-order chi connectivity index (χ1) is 13.2. The second-order valence-corrected chi connectivity index (χ2v) is 7.70. The Bertz CT molecular complexity index is 704. The summed E-state index contributed by atoms with van der Waals surface area (Å²) >= 11 is 0. The molecule has 1 aromatic carbocycles. The molecule has 2 rings (SSSR count). The molecule has 1 fully saturated rings. The van der Waals surface area contributed by atoms with Gasteiger partial charge in [0.05, 0.1) is 6.04 Å². The van der Waals surface area contributed by atoms with Crippen LogP contribution in [0.5, 0.6) is 5.75 Å². The van der Waals surface area contributed by atoms with Crippen molar-refractivity contribution in [3.8, 4) is 5.75 Å². The van der Waals surface area contributed by atoms with Gasteiger partial charge in [0.25, 0.3) is 0 Å². The number of carbonyl (C=O) groups is 3. The number of carbonyl (C=O) groups excluding carboxylic acids is 2. The van der Waals surface area contributed by atoms with E-state index in [4.69, 9.17) is 5.73 Å². The summed E-state index contributed by atoms with van der Waals surface area (Å²) in [5.41, 5.74) is 6.66. The van der Waals surface area contributed by atoms with Crippen LogP contribution < -0.4 is 11.1 Å². The first-order valence-electron chi connectivity index (χ1n) is 9.56. The van der Waals surface area contributed by atoms with E-state index in [-0.39, 0.29) is 24.0 Å². The maximum absolute atomic E-state index is 12.7. The molecule has 8 nitrogen and oxygen atoms in total. The normalized spacial score (nSPS) is 18.7. The molecule has 3 atom stereocenters. The standard InChI is InChI=1S/C20H29N3O5/c1-12(2)10-15(21)19(26)23-9-3-4-17(23)18(25)22-16(20(27)28)11-13-5-7-14(24)8-6-13/h5-8,12,15-17,24H,3-4,9-11,21H2,1-2H3,(H,22,25)(H,27,28). The van der Waals surface area contributed by atoms with E-state index in [0.717, 1.165) is 0 Å². The van der Waals surface area contributed by atoms with Gasteiger partial charge in [-0.25, -0.2) is 4.79 Å². The summed E-state index contributed by atoms with van der Waals surface area (Å²) in [4.78, 5) is 38.4. The fraction of sp³-hybridized carbons (Fsp3) is 0.550. The molecule has 5 N–H and O–H groups in total. The van der Waals surface area contributed by atoms with Crippen molar-refractivity contribution in [2.24, 2.45) is 11.7 Å². The fourth-order valence-electron chi connectivity index (χ4n) is 3.46. The second kappa shape index (κ2) is 9.54. The van der Waals surface area contributed by atoms with Gasteiger partial charge in [-0.2, -0.15) is 0 Å². The van der Waals surface area contributed by atoms with Crippen LogP contribution >= 0.6 is 0 Å². The molecular formula is C20H29N3O5. The van der Waals surface area contributed by atoms with Crippen molar-refractivity contribution >= 4 is 17.8 Å². The van der Waals surface area contributed by atoms with Crippen molar-refractivity contribution in [3.05, 3.63) is 29.8 Å². The number of aliphatic carboxylic acids is 1. The number of hydrogen-bond acceptors (Lipinski definition) is 5. The number of benzene rings is 1. The Balaban J connectivity index is 2.04. The van der Waals surface area contributed by atoms with Crippen LogP contribution in [0, 0.1) is 5.92 Å². The number of amides is 2. The van der Waals surface area contributed by atoms with Crippen LogP contribution in [0.25, 0.3) is 0 Å². The molecule has 0 saturated carbocycles. The highest BCUT2D eigenvalue weighted by atomic mass is 16.4. The molecule has 1 saturated heterocycles. The molecule has 1 heterocycles. The van der Waals surface area contributed by atoms with Gasteiger partial charge in [-0.05, 0) is 42.9 Å². The fourth-order valence-corrected chi connectivity index (χ4v) is 3.46. The molecule has 1 aliphatic heterocycles. The van der Waals surface area contributed by atoms with E-state index >= 15 is 0 Å². The predicted molar refractivity (Wildman–Crippen MR) is 104 cm³/mol. The average Bonchev–Trinajstić information content (AvgIpc) is 3.11. The third-order valence-corrected chi connectivity index (χ3v) is 4.87. The zero-order valence-electron chi connectivity index (χ0n) is 16.3. The van der Waals surface area contributed by atoms with Crippen LogP contribution in [0.15, 0.2) is 24.3 Å². The summed E-state index contributed by atoms with van der Waals surface area (Å²) in [7, 11) is 0. The maximum Gasteiger partial charge on any atom is 0.326 e. The summed E-state index contributed by atoms with van der Waals surface area (Å²) < 4.78 is 0. The lowest BCUT2D eigenvalue weighted by Gasteiger charge is -2.28. The third-order valence-electron chi connectivity index (χ3n) is 4.87. The third kappa shape index (κ3) is 5.69. The number of aromatic hydroxyl groups is 1. The van der Waals surface area contributed by atoms with Gasteiger partial charge < -0.3 is 26.2 Å². The van der Waals surface area contributed by atoms with E-state index in [1.165, 1.54) is 17.0 Å². The Labute approximate surface area is 164 Å². The van der Waals surface area contributed by atoms with Gasteiger partial charge in [0.2, 0.25) is 11.8 Å². The molecule has 28 heavy (non-hydrogen) atoms. The van der Waals surface area contributed by atoms with Gasteiger partial charge in [0.1, 0.15) is 17.8 Å². The molecule has 1 aromatic rings. The van der Waals surface area contributed by atoms with Crippen molar-refractivity contribution in [2.75, 3.05) is 6.54 Å². The minimum atomic E-state index is -1.16. The van der Waals surface area contributed by atoms with Crippen molar-refractivity contribution in [1.82, 2.24) is 10.2 Å². The Hall–Kier alpha value is -2.61. The maximum atomic E-state index is 12.7. The molecule has 2 amide bonds. The zero-order chi connectivity index (χ0) is 20.8. The van der Waals surface area contributed by atoms with Gasteiger partial charge in [0.15, 0.2) is 0 Å². The smallest absolute Gasteiger partial charge is 0.326 e. The molecule has 1 aliphatic rings. The Morgan fingerprint density at radius 2 is 1.89 bits per heavy atom. The molecule has 0 radical (unpaired) electrons. The first kappa shape index (κ1) is 21.7. The summed E-state index contributed by atoms with van der Waals surface area (Å²) in [5, 5.41) is 21.4. The van der Waals surface area contributed by atoms with Crippen LogP contribution in [0.1, 0.15) is 38.7 Å². The molecule has 0 aliphatic carbocycles. The Kier molecular flexibility index (Phi) is 7.39. The number of rotatable bonds is 8. The van der Waals surface area contributed by atoms with Crippen molar-refractivity contribution in [3.63, 3.8) is 0 Å². The van der Waals surface area contributed by atoms with Gasteiger partial charge in [-0.1, -0.05) is 26.0 Å². The van der Waals surface area contributed by atoms with Crippen LogP contribution in [0.2, 0.25) is 0 Å². The first-order valence-corrected chi connectivity index (χ1v) is 9.56. The minimum Gasteiger partial charge on any atom is -0.508 e. The number of nitrogens with two attached hydrogens (primary N) is 1.